The van der Waals surface area contributed by atoms with E-state index >= 15 is 0 Å². The molecular weight excluding hydrogens is 272 g/mol. The first kappa shape index (κ1) is 15.6. The minimum atomic E-state index is -0.934. The Balaban J connectivity index is 2.41. The third-order valence-corrected chi connectivity index (χ3v) is 4.14. The monoisotopic (exact) mass is 294 g/mol. The van der Waals surface area contributed by atoms with Crippen LogP contribution >= 0.6 is 0 Å². The number of ether oxygens (including phenoxy) is 1. The summed E-state index contributed by atoms with van der Waals surface area (Å²) in [5.74, 6) is 0.221. The first-order valence-corrected chi connectivity index (χ1v) is 7.05. The van der Waals surface area contributed by atoms with Crippen LogP contribution in [0.4, 0.5) is 0 Å². The van der Waals surface area contributed by atoms with Crippen LogP contribution in [0.15, 0.2) is 10.7 Å². The van der Waals surface area contributed by atoms with Crippen LogP contribution in [-0.4, -0.2) is 49.6 Å². The van der Waals surface area contributed by atoms with Crippen molar-refractivity contribution in [3.63, 3.8) is 0 Å². The molecule has 6 heteroatoms. The second-order valence-corrected chi connectivity index (χ2v) is 5.45. The highest BCUT2D eigenvalue weighted by atomic mass is 16.5. The molecule has 1 fully saturated rings. The molecular formula is C15H22N2O4. The molecule has 0 aromatic carbocycles. The number of carbonyl (C=O) groups is 2. The van der Waals surface area contributed by atoms with Crippen molar-refractivity contribution in [2.75, 3.05) is 27.3 Å². The van der Waals surface area contributed by atoms with Gasteiger partial charge in [-0.2, -0.15) is 0 Å². The van der Waals surface area contributed by atoms with Crippen LogP contribution < -0.4 is 5.32 Å². The molecule has 1 atom stereocenters. The molecule has 0 bridgehead atoms. The lowest BCUT2D eigenvalue weighted by atomic mass is 9.95. The highest BCUT2D eigenvalue weighted by Gasteiger charge is 2.50. The summed E-state index contributed by atoms with van der Waals surface area (Å²) in [5.41, 5.74) is 0.394. The van der Waals surface area contributed by atoms with Crippen LogP contribution in [0.25, 0.3) is 0 Å². The minimum absolute atomic E-state index is 0.170. The third-order valence-electron chi connectivity index (χ3n) is 4.14. The molecule has 116 valence electrons. The van der Waals surface area contributed by atoms with E-state index in [-0.39, 0.29) is 18.4 Å². The summed E-state index contributed by atoms with van der Waals surface area (Å²) in [6.07, 6.45) is 2.94. The van der Waals surface area contributed by atoms with Crippen LogP contribution in [0.3, 0.4) is 0 Å². The van der Waals surface area contributed by atoms with E-state index in [0.717, 1.165) is 12.0 Å². The number of furan rings is 1. The molecule has 0 spiro atoms. The van der Waals surface area contributed by atoms with E-state index in [1.54, 1.807) is 32.2 Å². The minimum Gasteiger partial charge on any atom is -0.469 e. The Morgan fingerprint density at radius 3 is 2.71 bits per heavy atom. The van der Waals surface area contributed by atoms with Crippen molar-refractivity contribution in [2.24, 2.45) is 0 Å². The maximum atomic E-state index is 12.9. The molecule has 1 N–H and O–H groups in total. The number of likely N-dealkylation sites (N-methyl/N-ethyl adjacent to an activating group) is 1. The SMILES string of the molecule is CNC(=O)C1(COC)CCCN1C(=O)c1c(C)coc1C. The van der Waals surface area contributed by atoms with Gasteiger partial charge in [0.05, 0.1) is 18.4 Å². The summed E-state index contributed by atoms with van der Waals surface area (Å²) in [7, 11) is 3.12. The molecule has 2 rings (SSSR count). The number of aryl methyl sites for hydroxylation is 2. The maximum absolute atomic E-state index is 12.9. The molecule has 1 aliphatic rings. The van der Waals surface area contributed by atoms with Crippen molar-refractivity contribution in [2.45, 2.75) is 32.2 Å². The van der Waals surface area contributed by atoms with E-state index in [1.165, 1.54) is 0 Å². The van der Waals surface area contributed by atoms with Crippen molar-refractivity contribution < 1.29 is 18.7 Å². The van der Waals surface area contributed by atoms with Gasteiger partial charge in [0.15, 0.2) is 0 Å². The molecule has 0 saturated carbocycles. The number of carbonyl (C=O) groups excluding carboxylic acids is 2. The van der Waals surface area contributed by atoms with Gasteiger partial charge in [0, 0.05) is 26.3 Å². The number of amides is 2. The van der Waals surface area contributed by atoms with Crippen molar-refractivity contribution >= 4 is 11.8 Å². The number of rotatable bonds is 4. The summed E-state index contributed by atoms with van der Waals surface area (Å²) < 4.78 is 10.5. The summed E-state index contributed by atoms with van der Waals surface area (Å²) in [5, 5.41) is 2.66. The standard InChI is InChI=1S/C15H22N2O4/c1-10-8-21-11(2)12(10)13(18)17-7-5-6-15(17,9-20-4)14(19)16-3/h8H,5-7,9H2,1-4H3,(H,16,19). The average molecular weight is 294 g/mol. The van der Waals surface area contributed by atoms with Crippen molar-refractivity contribution in [1.29, 1.82) is 0 Å². The first-order valence-electron chi connectivity index (χ1n) is 7.05. The molecule has 1 saturated heterocycles. The number of hydrogen-bond acceptors (Lipinski definition) is 4. The molecule has 0 aliphatic carbocycles. The topological polar surface area (TPSA) is 71.8 Å². The van der Waals surface area contributed by atoms with Gasteiger partial charge in [0.2, 0.25) is 5.91 Å². The molecule has 1 aromatic rings. The van der Waals surface area contributed by atoms with Gasteiger partial charge in [-0.15, -0.1) is 0 Å². The number of nitrogens with zero attached hydrogens (tertiary/aromatic N) is 1. The Kier molecular flexibility index (Phi) is 4.37. The van der Waals surface area contributed by atoms with Gasteiger partial charge >= 0.3 is 0 Å². The van der Waals surface area contributed by atoms with E-state index in [0.29, 0.717) is 24.3 Å². The molecule has 0 radical (unpaired) electrons. The molecule has 21 heavy (non-hydrogen) atoms. The Morgan fingerprint density at radius 2 is 2.19 bits per heavy atom. The smallest absolute Gasteiger partial charge is 0.258 e. The lowest BCUT2D eigenvalue weighted by Crippen LogP contribution is -2.59. The van der Waals surface area contributed by atoms with Gasteiger partial charge in [0.1, 0.15) is 11.3 Å². The Bertz CT molecular complexity index is 532. The summed E-state index contributed by atoms with van der Waals surface area (Å²) >= 11 is 0. The third kappa shape index (κ3) is 2.44. The van der Waals surface area contributed by atoms with Crippen molar-refractivity contribution in [3.8, 4) is 0 Å². The number of hydrogen-bond donors (Lipinski definition) is 1. The largest absolute Gasteiger partial charge is 0.469 e. The number of methoxy groups -OCH3 is 1. The number of likely N-dealkylation sites (tertiary alicyclic amines) is 1. The summed E-state index contributed by atoms with van der Waals surface area (Å²) in [6, 6.07) is 0. The Morgan fingerprint density at radius 1 is 1.48 bits per heavy atom. The zero-order valence-corrected chi connectivity index (χ0v) is 13.0. The molecule has 2 amide bonds. The van der Waals surface area contributed by atoms with E-state index in [4.69, 9.17) is 9.15 Å². The predicted octanol–water partition coefficient (Wildman–Crippen LogP) is 1.26. The average Bonchev–Trinajstić information content (AvgIpc) is 3.03. The van der Waals surface area contributed by atoms with Gasteiger partial charge in [-0.05, 0) is 26.7 Å². The van der Waals surface area contributed by atoms with Crippen molar-refractivity contribution in [3.05, 3.63) is 23.2 Å². The maximum Gasteiger partial charge on any atom is 0.258 e. The molecule has 6 nitrogen and oxygen atoms in total. The van der Waals surface area contributed by atoms with Crippen LogP contribution in [0.5, 0.6) is 0 Å². The Labute approximate surface area is 124 Å². The molecule has 2 heterocycles. The summed E-state index contributed by atoms with van der Waals surface area (Å²) in [4.78, 5) is 26.9. The van der Waals surface area contributed by atoms with E-state index < -0.39 is 5.54 Å². The molecule has 1 aliphatic heterocycles. The van der Waals surface area contributed by atoms with Gasteiger partial charge in [-0.25, -0.2) is 0 Å². The second kappa shape index (κ2) is 5.89. The van der Waals surface area contributed by atoms with E-state index in [2.05, 4.69) is 5.32 Å². The predicted molar refractivity (Wildman–Crippen MR) is 77.1 cm³/mol. The van der Waals surface area contributed by atoms with Crippen molar-refractivity contribution in [1.82, 2.24) is 10.2 Å². The first-order chi connectivity index (χ1) is 9.97. The highest BCUT2D eigenvalue weighted by molar-refractivity contribution is 6.01. The summed E-state index contributed by atoms with van der Waals surface area (Å²) in [6.45, 7) is 4.32. The lowest BCUT2D eigenvalue weighted by molar-refractivity contribution is -0.133. The van der Waals surface area contributed by atoms with Crippen LogP contribution in [0.1, 0.15) is 34.5 Å². The fraction of sp³-hybridized carbons (Fsp3) is 0.600. The van der Waals surface area contributed by atoms with Crippen LogP contribution in [-0.2, 0) is 9.53 Å². The van der Waals surface area contributed by atoms with E-state index in [9.17, 15) is 9.59 Å². The zero-order chi connectivity index (χ0) is 15.6. The molecule has 1 aromatic heterocycles. The van der Waals surface area contributed by atoms with E-state index in [1.807, 2.05) is 6.92 Å². The Hall–Kier alpha value is -1.82. The van der Waals surface area contributed by atoms with Gasteiger partial charge in [0.25, 0.3) is 5.91 Å². The second-order valence-electron chi connectivity index (χ2n) is 5.45. The number of nitrogens with one attached hydrogen (secondary N) is 1. The highest BCUT2D eigenvalue weighted by Crippen LogP contribution is 2.33. The van der Waals surface area contributed by atoms with Crippen LogP contribution in [0.2, 0.25) is 0 Å². The van der Waals surface area contributed by atoms with Gasteiger partial charge < -0.3 is 19.4 Å². The lowest BCUT2D eigenvalue weighted by Gasteiger charge is -2.36. The fourth-order valence-corrected chi connectivity index (χ4v) is 3.12. The van der Waals surface area contributed by atoms with Gasteiger partial charge in [-0.3, -0.25) is 9.59 Å². The van der Waals surface area contributed by atoms with Crippen LogP contribution in [0, 0.1) is 13.8 Å². The van der Waals surface area contributed by atoms with Gasteiger partial charge in [-0.1, -0.05) is 0 Å². The zero-order valence-electron chi connectivity index (χ0n) is 13.0. The fourth-order valence-electron chi connectivity index (χ4n) is 3.12. The molecule has 1 unspecified atom stereocenters. The quantitative estimate of drug-likeness (QED) is 0.907. The normalized spacial score (nSPS) is 21.6.